The molecule has 1 unspecified atom stereocenters. The van der Waals surface area contributed by atoms with E-state index in [0.29, 0.717) is 0 Å². The first-order chi connectivity index (χ1) is 7.20. The summed E-state index contributed by atoms with van der Waals surface area (Å²) >= 11 is 5.21. The van der Waals surface area contributed by atoms with E-state index in [2.05, 4.69) is 4.74 Å². The molecule has 0 bridgehead atoms. The highest BCUT2D eigenvalue weighted by Crippen LogP contribution is 2.19. The van der Waals surface area contributed by atoms with Gasteiger partial charge in [0.2, 0.25) is 5.78 Å². The van der Waals surface area contributed by atoms with Gasteiger partial charge in [0.05, 0.1) is 13.0 Å². The SMILES string of the molecule is CCOC(=O)C(Cl)C(=O)CC(=O)C(F)(F)F. The van der Waals surface area contributed by atoms with Gasteiger partial charge >= 0.3 is 12.1 Å². The number of rotatable bonds is 5. The van der Waals surface area contributed by atoms with Crippen LogP contribution >= 0.6 is 11.6 Å². The molecule has 0 aromatic carbocycles. The van der Waals surface area contributed by atoms with E-state index in [4.69, 9.17) is 11.6 Å². The van der Waals surface area contributed by atoms with Gasteiger partial charge in [0, 0.05) is 0 Å². The summed E-state index contributed by atoms with van der Waals surface area (Å²) in [4.78, 5) is 32.2. The van der Waals surface area contributed by atoms with Crippen LogP contribution in [0.15, 0.2) is 0 Å². The van der Waals surface area contributed by atoms with Crippen molar-refractivity contribution in [3.63, 3.8) is 0 Å². The Hall–Kier alpha value is -1.11. The molecular weight excluding hydrogens is 253 g/mol. The van der Waals surface area contributed by atoms with Crippen LogP contribution < -0.4 is 0 Å². The minimum atomic E-state index is -5.11. The summed E-state index contributed by atoms with van der Waals surface area (Å²) in [7, 11) is 0. The Morgan fingerprint density at radius 2 is 1.81 bits per heavy atom. The highest BCUT2D eigenvalue weighted by Gasteiger charge is 2.41. The largest absolute Gasteiger partial charge is 0.465 e. The number of hydrogen-bond donors (Lipinski definition) is 0. The second-order valence-electron chi connectivity index (χ2n) is 2.68. The summed E-state index contributed by atoms with van der Waals surface area (Å²) in [5, 5.41) is -1.88. The molecular formula is C8H8ClF3O4. The summed E-state index contributed by atoms with van der Waals surface area (Å²) in [5.41, 5.74) is 0. The van der Waals surface area contributed by atoms with Crippen molar-refractivity contribution in [3.8, 4) is 0 Å². The third-order valence-electron chi connectivity index (χ3n) is 1.43. The number of hydrogen-bond acceptors (Lipinski definition) is 4. The zero-order chi connectivity index (χ0) is 12.9. The second-order valence-corrected chi connectivity index (χ2v) is 3.12. The smallest absolute Gasteiger partial charge is 0.450 e. The third-order valence-corrected chi connectivity index (χ3v) is 1.85. The lowest BCUT2D eigenvalue weighted by atomic mass is 10.1. The fraction of sp³-hybridized carbons (Fsp3) is 0.625. The Labute approximate surface area is 93.7 Å². The summed E-state index contributed by atoms with van der Waals surface area (Å²) in [6, 6.07) is 0. The van der Waals surface area contributed by atoms with Gasteiger partial charge in [0.25, 0.3) is 0 Å². The van der Waals surface area contributed by atoms with Gasteiger partial charge in [0.15, 0.2) is 11.2 Å². The van der Waals surface area contributed by atoms with Crippen molar-refractivity contribution in [2.75, 3.05) is 6.61 Å². The van der Waals surface area contributed by atoms with Gasteiger partial charge in [-0.3, -0.25) is 9.59 Å². The lowest BCUT2D eigenvalue weighted by Crippen LogP contribution is -2.32. The Morgan fingerprint density at radius 1 is 1.31 bits per heavy atom. The maximum absolute atomic E-state index is 11.8. The highest BCUT2D eigenvalue weighted by atomic mass is 35.5. The van der Waals surface area contributed by atoms with Gasteiger partial charge < -0.3 is 4.74 Å². The van der Waals surface area contributed by atoms with Gasteiger partial charge in [-0.15, -0.1) is 11.6 Å². The lowest BCUT2D eigenvalue weighted by molar-refractivity contribution is -0.172. The van der Waals surface area contributed by atoms with Gasteiger partial charge in [-0.2, -0.15) is 13.2 Å². The first kappa shape index (κ1) is 14.9. The fourth-order valence-corrected chi connectivity index (χ4v) is 0.835. The predicted molar refractivity (Wildman–Crippen MR) is 47.0 cm³/mol. The molecule has 0 spiro atoms. The summed E-state index contributed by atoms with van der Waals surface area (Å²) < 4.78 is 39.6. The van der Waals surface area contributed by atoms with Gasteiger partial charge in [-0.05, 0) is 6.92 Å². The van der Waals surface area contributed by atoms with Crippen molar-refractivity contribution in [1.29, 1.82) is 0 Å². The number of carbonyl (C=O) groups excluding carboxylic acids is 3. The minimum absolute atomic E-state index is 0.0669. The molecule has 0 heterocycles. The summed E-state index contributed by atoms with van der Waals surface area (Å²) in [5.74, 6) is -4.74. The maximum Gasteiger partial charge on any atom is 0.450 e. The number of Topliss-reactive ketones (excluding diaryl/α,β-unsaturated/α-hetero) is 2. The first-order valence-corrected chi connectivity index (χ1v) is 4.57. The molecule has 0 aliphatic carbocycles. The Kier molecular flexibility index (Phi) is 5.43. The van der Waals surface area contributed by atoms with Crippen LogP contribution in [-0.4, -0.2) is 35.7 Å². The molecule has 92 valence electrons. The zero-order valence-corrected chi connectivity index (χ0v) is 8.89. The van der Waals surface area contributed by atoms with Crippen molar-refractivity contribution in [2.45, 2.75) is 24.9 Å². The summed E-state index contributed by atoms with van der Waals surface area (Å²) in [6.45, 7) is 1.37. The average Bonchev–Trinajstić information content (AvgIpc) is 2.15. The highest BCUT2D eigenvalue weighted by molar-refractivity contribution is 6.42. The number of ether oxygens (including phenoxy) is 1. The summed E-state index contributed by atoms with van der Waals surface area (Å²) in [6.07, 6.45) is -6.57. The molecule has 0 fully saturated rings. The van der Waals surface area contributed by atoms with Gasteiger partial charge in [-0.25, -0.2) is 4.79 Å². The molecule has 4 nitrogen and oxygen atoms in total. The molecule has 16 heavy (non-hydrogen) atoms. The van der Waals surface area contributed by atoms with Crippen LogP contribution in [0.1, 0.15) is 13.3 Å². The topological polar surface area (TPSA) is 60.4 Å². The number of ketones is 2. The van der Waals surface area contributed by atoms with Crippen LogP contribution in [0.4, 0.5) is 13.2 Å². The molecule has 0 saturated heterocycles. The number of carbonyl (C=O) groups is 3. The van der Waals surface area contributed by atoms with E-state index in [1.165, 1.54) is 6.92 Å². The quantitative estimate of drug-likeness (QED) is 0.424. The maximum atomic E-state index is 11.8. The normalized spacial score (nSPS) is 13.1. The molecule has 0 saturated carbocycles. The zero-order valence-electron chi connectivity index (χ0n) is 8.14. The molecule has 1 atom stereocenters. The second kappa shape index (κ2) is 5.83. The number of halogens is 4. The Bertz CT molecular complexity index is 300. The molecule has 8 heteroatoms. The van der Waals surface area contributed by atoms with E-state index in [1.54, 1.807) is 0 Å². The molecule has 0 N–H and O–H groups in total. The van der Waals surface area contributed by atoms with Crippen molar-refractivity contribution in [3.05, 3.63) is 0 Å². The standard InChI is InChI=1S/C8H8ClF3O4/c1-2-16-7(15)6(9)4(13)3-5(14)8(10,11)12/h6H,2-3H2,1H3. The molecule has 0 amide bonds. The van der Waals surface area contributed by atoms with Crippen LogP contribution in [0.5, 0.6) is 0 Å². The number of esters is 1. The van der Waals surface area contributed by atoms with Crippen molar-refractivity contribution in [2.24, 2.45) is 0 Å². The van der Waals surface area contributed by atoms with Gasteiger partial charge in [0.1, 0.15) is 0 Å². The first-order valence-electron chi connectivity index (χ1n) is 4.13. The van der Waals surface area contributed by atoms with Crippen LogP contribution in [0.2, 0.25) is 0 Å². The molecule has 0 rings (SSSR count). The van der Waals surface area contributed by atoms with E-state index in [0.717, 1.165) is 0 Å². The van der Waals surface area contributed by atoms with E-state index in [-0.39, 0.29) is 6.61 Å². The van der Waals surface area contributed by atoms with Crippen molar-refractivity contribution < 1.29 is 32.3 Å². The van der Waals surface area contributed by atoms with Crippen molar-refractivity contribution in [1.82, 2.24) is 0 Å². The van der Waals surface area contributed by atoms with Crippen LogP contribution in [-0.2, 0) is 19.1 Å². The van der Waals surface area contributed by atoms with E-state index in [9.17, 15) is 27.6 Å². The minimum Gasteiger partial charge on any atom is -0.465 e. The van der Waals surface area contributed by atoms with E-state index >= 15 is 0 Å². The predicted octanol–water partition coefficient (Wildman–Crippen LogP) is 1.25. The Balaban J connectivity index is 4.37. The third kappa shape index (κ3) is 4.61. The molecule has 0 radical (unpaired) electrons. The molecule has 0 aromatic rings. The monoisotopic (exact) mass is 260 g/mol. The lowest BCUT2D eigenvalue weighted by Gasteiger charge is -2.08. The Morgan fingerprint density at radius 3 is 2.19 bits per heavy atom. The van der Waals surface area contributed by atoms with Crippen LogP contribution in [0.25, 0.3) is 0 Å². The van der Waals surface area contributed by atoms with Crippen LogP contribution in [0.3, 0.4) is 0 Å². The van der Waals surface area contributed by atoms with E-state index in [1.807, 2.05) is 0 Å². The molecule has 0 aromatic heterocycles. The average molecular weight is 261 g/mol. The van der Waals surface area contributed by atoms with Crippen LogP contribution in [0, 0.1) is 0 Å². The molecule has 0 aliphatic rings. The van der Waals surface area contributed by atoms with Crippen molar-refractivity contribution >= 4 is 29.1 Å². The fourth-order valence-electron chi connectivity index (χ4n) is 0.695. The molecule has 0 aliphatic heterocycles. The van der Waals surface area contributed by atoms with E-state index < -0.39 is 35.5 Å². The number of alkyl halides is 4. The van der Waals surface area contributed by atoms with Gasteiger partial charge in [-0.1, -0.05) is 0 Å².